The summed E-state index contributed by atoms with van der Waals surface area (Å²) in [4.78, 5) is 10.2. The maximum absolute atomic E-state index is 10.2. The number of hydrogen-bond acceptors (Lipinski definition) is 2. The van der Waals surface area contributed by atoms with Gasteiger partial charge in [-0.1, -0.05) is 45.3 Å². The van der Waals surface area contributed by atoms with E-state index < -0.39 is 8.07 Å². The summed E-state index contributed by atoms with van der Waals surface area (Å²) in [6.07, 6.45) is 4.53. The second-order valence-corrected chi connectivity index (χ2v) is 12.3. The van der Waals surface area contributed by atoms with Crippen molar-refractivity contribution in [3.05, 3.63) is 0 Å². The highest BCUT2D eigenvalue weighted by Gasteiger charge is 2.30. The van der Waals surface area contributed by atoms with Gasteiger partial charge in [-0.2, -0.15) is 0 Å². The van der Waals surface area contributed by atoms with Crippen molar-refractivity contribution in [3.63, 3.8) is 0 Å². The zero-order valence-corrected chi connectivity index (χ0v) is 13.7. The summed E-state index contributed by atoms with van der Waals surface area (Å²) in [7, 11) is -0.694. The molecule has 102 valence electrons. The van der Waals surface area contributed by atoms with Crippen LogP contribution in [0.25, 0.3) is 0 Å². The molecule has 0 aliphatic carbocycles. The molecule has 3 heteroatoms. The molecule has 0 aromatic carbocycles. The number of carbonyl (C=O) groups excluding carboxylic acids is 1. The molecule has 0 aromatic rings. The first-order valence-electron chi connectivity index (χ1n) is 6.74. The van der Waals surface area contributed by atoms with Gasteiger partial charge < -0.3 is 4.74 Å². The minimum Gasteiger partial charge on any atom is -0.460 e. The summed E-state index contributed by atoms with van der Waals surface area (Å²) in [5.74, 6) is -0.225. The molecule has 1 fully saturated rings. The van der Waals surface area contributed by atoms with Gasteiger partial charge in [0.15, 0.2) is 0 Å². The highest BCUT2D eigenvalue weighted by Crippen LogP contribution is 2.36. The third-order valence-electron chi connectivity index (χ3n) is 3.49. The van der Waals surface area contributed by atoms with Gasteiger partial charge in [0.2, 0.25) is 0 Å². The van der Waals surface area contributed by atoms with Crippen molar-refractivity contribution in [1.29, 1.82) is 0 Å². The maximum atomic E-state index is 10.2. The highest BCUT2D eigenvalue weighted by molar-refractivity contribution is 6.78. The van der Waals surface area contributed by atoms with E-state index in [0.717, 1.165) is 5.54 Å². The van der Waals surface area contributed by atoms with Gasteiger partial charge in [0.25, 0.3) is 0 Å². The lowest BCUT2D eigenvalue weighted by Gasteiger charge is -2.34. The first kappa shape index (κ1) is 16.7. The van der Waals surface area contributed by atoms with E-state index in [-0.39, 0.29) is 11.6 Å². The van der Waals surface area contributed by atoms with Crippen LogP contribution < -0.4 is 0 Å². The lowest BCUT2D eigenvalue weighted by Crippen LogP contribution is -2.33. The van der Waals surface area contributed by atoms with Crippen molar-refractivity contribution in [2.45, 2.75) is 84.2 Å². The van der Waals surface area contributed by atoms with Gasteiger partial charge in [0, 0.05) is 6.92 Å². The fraction of sp³-hybridized carbons (Fsp3) is 0.929. The van der Waals surface area contributed by atoms with E-state index >= 15 is 0 Å². The molecule has 0 N–H and O–H groups in total. The maximum Gasteiger partial charge on any atom is 0.303 e. The molecule has 0 saturated carbocycles. The largest absolute Gasteiger partial charge is 0.460 e. The molecule has 1 rings (SSSR count). The van der Waals surface area contributed by atoms with E-state index in [4.69, 9.17) is 4.74 Å². The molecular weight excluding hydrogens is 228 g/mol. The van der Waals surface area contributed by atoms with Crippen LogP contribution in [0.4, 0.5) is 0 Å². The van der Waals surface area contributed by atoms with Crippen molar-refractivity contribution in [1.82, 2.24) is 0 Å². The molecule has 0 aromatic heterocycles. The molecule has 1 aliphatic rings. The van der Waals surface area contributed by atoms with Gasteiger partial charge in [-0.05, 0) is 26.3 Å². The molecule has 1 heterocycles. The summed E-state index contributed by atoms with van der Waals surface area (Å²) in [6, 6.07) is 1.58. The fourth-order valence-corrected chi connectivity index (χ4v) is 4.74. The Labute approximate surface area is 108 Å². The summed E-state index contributed by atoms with van der Waals surface area (Å²) < 4.78 is 4.80. The monoisotopic (exact) mass is 258 g/mol. The van der Waals surface area contributed by atoms with Crippen LogP contribution in [-0.2, 0) is 9.53 Å². The van der Waals surface area contributed by atoms with Crippen molar-refractivity contribution >= 4 is 14.0 Å². The van der Waals surface area contributed by atoms with Gasteiger partial charge in [-0.15, -0.1) is 0 Å². The van der Waals surface area contributed by atoms with Crippen LogP contribution >= 0.6 is 0 Å². The molecule has 1 saturated heterocycles. The Morgan fingerprint density at radius 2 is 1.76 bits per heavy atom. The zero-order valence-electron chi connectivity index (χ0n) is 12.7. The van der Waals surface area contributed by atoms with Crippen LogP contribution in [0.5, 0.6) is 0 Å². The normalized spacial score (nSPS) is 23.4. The molecule has 1 atom stereocenters. The van der Waals surface area contributed by atoms with E-state index in [1.54, 1.807) is 6.04 Å². The van der Waals surface area contributed by atoms with Crippen LogP contribution in [0.3, 0.4) is 0 Å². The first-order valence-corrected chi connectivity index (χ1v) is 10.0. The second kappa shape index (κ2) is 6.57. The first-order chi connectivity index (χ1) is 7.54. The highest BCUT2D eigenvalue weighted by atomic mass is 28.3. The van der Waals surface area contributed by atoms with Crippen molar-refractivity contribution < 1.29 is 9.53 Å². The fourth-order valence-electron chi connectivity index (χ4n) is 2.10. The Hall–Kier alpha value is -0.313. The van der Waals surface area contributed by atoms with Crippen LogP contribution in [0.2, 0.25) is 24.7 Å². The Morgan fingerprint density at radius 3 is 1.94 bits per heavy atom. The lowest BCUT2D eigenvalue weighted by atomic mass is 10.2. The molecule has 0 bridgehead atoms. The third-order valence-corrected chi connectivity index (χ3v) is 8.09. The number of esters is 1. The quantitative estimate of drug-likeness (QED) is 0.468. The van der Waals surface area contributed by atoms with E-state index in [1.807, 2.05) is 20.8 Å². The number of carbonyl (C=O) groups is 1. The van der Waals surface area contributed by atoms with Crippen LogP contribution in [-0.4, -0.2) is 19.6 Å². The van der Waals surface area contributed by atoms with Gasteiger partial charge in [-0.25, -0.2) is 0 Å². The van der Waals surface area contributed by atoms with Crippen LogP contribution in [0.1, 0.15) is 53.9 Å². The summed E-state index contributed by atoms with van der Waals surface area (Å²) >= 11 is 0. The third kappa shape index (κ3) is 8.42. The van der Waals surface area contributed by atoms with E-state index in [9.17, 15) is 4.79 Å². The van der Waals surface area contributed by atoms with E-state index in [1.165, 1.54) is 26.2 Å². The summed E-state index contributed by atoms with van der Waals surface area (Å²) in [6.45, 7) is 14.5. The minimum absolute atomic E-state index is 0.225. The number of rotatable bonds is 0. The topological polar surface area (TPSA) is 26.3 Å². The molecular formula is C14H30O2Si. The average Bonchev–Trinajstić information content (AvgIpc) is 2.06. The van der Waals surface area contributed by atoms with Crippen molar-refractivity contribution in [3.8, 4) is 0 Å². The Morgan fingerprint density at radius 1 is 1.24 bits per heavy atom. The standard InChI is InChI=1S/C8H18Si.C6H12O2/c1-8-6-4-5-7-9(8,2)3;1-5(7)8-6(2,3)4/h8H,4-7H2,1-3H3;1-4H3. The number of ether oxygens (including phenoxy) is 1. The Bertz CT molecular complexity index is 241. The summed E-state index contributed by atoms with van der Waals surface area (Å²) in [5.41, 5.74) is 0.762. The molecule has 1 aliphatic heterocycles. The Kier molecular flexibility index (Phi) is 6.45. The average molecular weight is 258 g/mol. The number of hydrogen-bond donors (Lipinski definition) is 0. The van der Waals surface area contributed by atoms with Gasteiger partial charge >= 0.3 is 5.97 Å². The predicted molar refractivity (Wildman–Crippen MR) is 77.1 cm³/mol. The minimum atomic E-state index is -0.694. The van der Waals surface area contributed by atoms with Crippen LogP contribution in [0, 0.1) is 0 Å². The smallest absolute Gasteiger partial charge is 0.303 e. The molecule has 17 heavy (non-hydrogen) atoms. The van der Waals surface area contributed by atoms with E-state index in [0.29, 0.717) is 0 Å². The lowest BCUT2D eigenvalue weighted by molar-refractivity contribution is -0.151. The van der Waals surface area contributed by atoms with E-state index in [2.05, 4.69) is 20.0 Å². The molecule has 0 amide bonds. The van der Waals surface area contributed by atoms with Crippen molar-refractivity contribution in [2.75, 3.05) is 0 Å². The van der Waals surface area contributed by atoms with Gasteiger partial charge in [0.1, 0.15) is 5.60 Å². The van der Waals surface area contributed by atoms with Crippen LogP contribution in [0.15, 0.2) is 0 Å². The molecule has 2 nitrogen and oxygen atoms in total. The Balaban J connectivity index is 0.000000304. The van der Waals surface area contributed by atoms with Gasteiger partial charge in [0.05, 0.1) is 8.07 Å². The second-order valence-electron chi connectivity index (χ2n) is 6.84. The zero-order chi connectivity index (χ0) is 13.7. The predicted octanol–water partition coefficient (Wildman–Crippen LogP) is 4.62. The molecule has 0 spiro atoms. The molecule has 0 radical (unpaired) electrons. The SMILES string of the molecule is CC(=O)OC(C)(C)C.CC1CCCC[Si]1(C)C. The summed E-state index contributed by atoms with van der Waals surface area (Å²) in [5, 5.41) is 0. The van der Waals surface area contributed by atoms with Gasteiger partial charge in [-0.3, -0.25) is 4.79 Å². The molecule has 1 unspecified atom stereocenters. The van der Waals surface area contributed by atoms with Crippen molar-refractivity contribution in [2.24, 2.45) is 0 Å².